The standard InChI is InChI=1S/C17H20ClN3O/c1-12(2)9-19-15-7-8-16(20-11-15)17(22)21-10-13-3-5-14(18)6-4-13/h3-8,11-12,19H,9-10H2,1-2H3,(H,21,22). The Labute approximate surface area is 135 Å². The van der Waals surface area contributed by atoms with Crippen molar-refractivity contribution in [1.82, 2.24) is 10.3 Å². The van der Waals surface area contributed by atoms with Crippen molar-refractivity contribution in [2.45, 2.75) is 20.4 Å². The van der Waals surface area contributed by atoms with Gasteiger partial charge in [-0.05, 0) is 35.7 Å². The molecule has 0 atom stereocenters. The number of hydrogen-bond donors (Lipinski definition) is 2. The van der Waals surface area contributed by atoms with E-state index in [9.17, 15) is 4.79 Å². The third-order valence-electron chi connectivity index (χ3n) is 3.08. The van der Waals surface area contributed by atoms with E-state index in [1.807, 2.05) is 18.2 Å². The number of carbonyl (C=O) groups excluding carboxylic acids is 1. The molecule has 4 nitrogen and oxygen atoms in total. The predicted molar refractivity (Wildman–Crippen MR) is 90.2 cm³/mol. The molecule has 0 fully saturated rings. The van der Waals surface area contributed by atoms with Gasteiger partial charge < -0.3 is 10.6 Å². The highest BCUT2D eigenvalue weighted by Crippen LogP contribution is 2.10. The van der Waals surface area contributed by atoms with Crippen molar-refractivity contribution in [3.8, 4) is 0 Å². The average molecular weight is 318 g/mol. The van der Waals surface area contributed by atoms with Crippen molar-refractivity contribution < 1.29 is 4.79 Å². The molecular formula is C17H20ClN3O. The lowest BCUT2D eigenvalue weighted by Crippen LogP contribution is -2.23. The lowest BCUT2D eigenvalue weighted by molar-refractivity contribution is 0.0946. The first-order valence-corrected chi connectivity index (χ1v) is 7.65. The molecule has 2 aromatic rings. The van der Waals surface area contributed by atoms with Crippen LogP contribution in [0.1, 0.15) is 29.9 Å². The van der Waals surface area contributed by atoms with E-state index in [1.165, 1.54) is 0 Å². The van der Waals surface area contributed by atoms with E-state index in [1.54, 1.807) is 24.4 Å². The number of amides is 1. The molecule has 0 radical (unpaired) electrons. The molecule has 1 aromatic heterocycles. The molecule has 0 spiro atoms. The van der Waals surface area contributed by atoms with Gasteiger partial charge in [-0.1, -0.05) is 37.6 Å². The zero-order chi connectivity index (χ0) is 15.9. The van der Waals surface area contributed by atoms with Crippen LogP contribution in [-0.4, -0.2) is 17.4 Å². The fourth-order valence-corrected chi connectivity index (χ4v) is 1.96. The molecule has 116 valence electrons. The summed E-state index contributed by atoms with van der Waals surface area (Å²) in [6.45, 7) is 5.60. The summed E-state index contributed by atoms with van der Waals surface area (Å²) in [5, 5.41) is 6.79. The fourth-order valence-electron chi connectivity index (χ4n) is 1.83. The second-order valence-corrected chi connectivity index (χ2v) is 5.95. The van der Waals surface area contributed by atoms with Gasteiger partial charge >= 0.3 is 0 Å². The van der Waals surface area contributed by atoms with Crippen molar-refractivity contribution in [3.63, 3.8) is 0 Å². The number of carbonyl (C=O) groups is 1. The van der Waals surface area contributed by atoms with Crippen molar-refractivity contribution in [1.29, 1.82) is 0 Å². The molecule has 5 heteroatoms. The summed E-state index contributed by atoms with van der Waals surface area (Å²) in [5.41, 5.74) is 2.32. The zero-order valence-corrected chi connectivity index (χ0v) is 13.5. The number of aromatic nitrogens is 1. The minimum absolute atomic E-state index is 0.189. The Morgan fingerprint density at radius 2 is 1.91 bits per heavy atom. The molecule has 0 aliphatic carbocycles. The number of nitrogens with one attached hydrogen (secondary N) is 2. The lowest BCUT2D eigenvalue weighted by Gasteiger charge is -2.09. The quantitative estimate of drug-likeness (QED) is 0.853. The summed E-state index contributed by atoms with van der Waals surface area (Å²) in [4.78, 5) is 16.2. The molecule has 2 rings (SSSR count). The Balaban J connectivity index is 1.88. The molecule has 0 unspecified atom stereocenters. The first-order chi connectivity index (χ1) is 10.5. The summed E-state index contributed by atoms with van der Waals surface area (Å²) < 4.78 is 0. The second-order valence-electron chi connectivity index (χ2n) is 5.52. The van der Waals surface area contributed by atoms with E-state index in [2.05, 4.69) is 29.5 Å². The minimum Gasteiger partial charge on any atom is -0.384 e. The maximum atomic E-state index is 12.0. The molecule has 1 heterocycles. The Hall–Kier alpha value is -2.07. The van der Waals surface area contributed by atoms with E-state index in [0.29, 0.717) is 23.2 Å². The van der Waals surface area contributed by atoms with Crippen LogP contribution in [0.2, 0.25) is 5.02 Å². The van der Waals surface area contributed by atoms with Gasteiger partial charge in [0.1, 0.15) is 5.69 Å². The van der Waals surface area contributed by atoms with Crippen LogP contribution in [0.3, 0.4) is 0 Å². The second kappa shape index (κ2) is 7.80. The molecule has 22 heavy (non-hydrogen) atoms. The number of halogens is 1. The number of nitrogens with zero attached hydrogens (tertiary/aromatic N) is 1. The Morgan fingerprint density at radius 3 is 2.50 bits per heavy atom. The molecule has 2 N–H and O–H groups in total. The number of pyridine rings is 1. The highest BCUT2D eigenvalue weighted by atomic mass is 35.5. The maximum absolute atomic E-state index is 12.0. The van der Waals surface area contributed by atoms with E-state index >= 15 is 0 Å². The van der Waals surface area contributed by atoms with E-state index in [4.69, 9.17) is 11.6 Å². The van der Waals surface area contributed by atoms with Gasteiger partial charge in [0.25, 0.3) is 5.91 Å². The van der Waals surface area contributed by atoms with Crippen LogP contribution in [0.4, 0.5) is 5.69 Å². The average Bonchev–Trinajstić information content (AvgIpc) is 2.52. The molecule has 0 saturated heterocycles. The highest BCUT2D eigenvalue weighted by Gasteiger charge is 2.07. The zero-order valence-electron chi connectivity index (χ0n) is 12.8. The van der Waals surface area contributed by atoms with Crippen LogP contribution in [0, 0.1) is 5.92 Å². The Morgan fingerprint density at radius 1 is 1.18 bits per heavy atom. The largest absolute Gasteiger partial charge is 0.384 e. The topological polar surface area (TPSA) is 54.0 Å². The van der Waals surface area contributed by atoms with Crippen LogP contribution in [0.5, 0.6) is 0 Å². The van der Waals surface area contributed by atoms with Crippen molar-refractivity contribution in [2.24, 2.45) is 5.92 Å². The smallest absolute Gasteiger partial charge is 0.270 e. The van der Waals surface area contributed by atoms with Gasteiger partial charge in [0, 0.05) is 18.1 Å². The number of hydrogen-bond acceptors (Lipinski definition) is 3. The first-order valence-electron chi connectivity index (χ1n) is 7.27. The van der Waals surface area contributed by atoms with Gasteiger partial charge in [0.05, 0.1) is 11.9 Å². The molecule has 0 aliphatic rings. The fraction of sp³-hybridized carbons (Fsp3) is 0.294. The van der Waals surface area contributed by atoms with Crippen molar-refractivity contribution in [3.05, 3.63) is 58.9 Å². The minimum atomic E-state index is -0.189. The Kier molecular flexibility index (Phi) is 5.78. The van der Waals surface area contributed by atoms with Gasteiger partial charge in [-0.3, -0.25) is 4.79 Å². The molecular weight excluding hydrogens is 298 g/mol. The molecule has 1 aromatic carbocycles. The van der Waals surface area contributed by atoms with E-state index in [-0.39, 0.29) is 5.91 Å². The number of anilines is 1. The summed E-state index contributed by atoms with van der Waals surface area (Å²) in [7, 11) is 0. The van der Waals surface area contributed by atoms with Gasteiger partial charge in [-0.2, -0.15) is 0 Å². The van der Waals surface area contributed by atoms with Crippen LogP contribution < -0.4 is 10.6 Å². The Bertz CT molecular complexity index is 609. The van der Waals surface area contributed by atoms with E-state index < -0.39 is 0 Å². The third kappa shape index (κ3) is 5.04. The van der Waals surface area contributed by atoms with Gasteiger partial charge in [-0.15, -0.1) is 0 Å². The van der Waals surface area contributed by atoms with Crippen molar-refractivity contribution >= 4 is 23.2 Å². The molecule has 0 bridgehead atoms. The van der Waals surface area contributed by atoms with Crippen LogP contribution in [0.25, 0.3) is 0 Å². The summed E-state index contributed by atoms with van der Waals surface area (Å²) >= 11 is 5.83. The third-order valence-corrected chi connectivity index (χ3v) is 3.33. The van der Waals surface area contributed by atoms with Gasteiger partial charge in [0.2, 0.25) is 0 Å². The summed E-state index contributed by atoms with van der Waals surface area (Å²) in [6, 6.07) is 11.0. The highest BCUT2D eigenvalue weighted by molar-refractivity contribution is 6.30. The number of benzene rings is 1. The van der Waals surface area contributed by atoms with Crippen molar-refractivity contribution in [2.75, 3.05) is 11.9 Å². The predicted octanol–water partition coefficient (Wildman–Crippen LogP) is 3.73. The molecule has 1 amide bonds. The van der Waals surface area contributed by atoms with E-state index in [0.717, 1.165) is 17.8 Å². The van der Waals surface area contributed by atoms with Gasteiger partial charge in [0.15, 0.2) is 0 Å². The molecule has 0 aliphatic heterocycles. The normalized spacial score (nSPS) is 10.5. The van der Waals surface area contributed by atoms with Crippen LogP contribution in [-0.2, 0) is 6.54 Å². The SMILES string of the molecule is CC(C)CNc1ccc(C(=O)NCc2ccc(Cl)cc2)nc1. The monoisotopic (exact) mass is 317 g/mol. The first kappa shape index (κ1) is 16.3. The summed E-state index contributed by atoms with van der Waals surface area (Å²) in [6.07, 6.45) is 1.68. The van der Waals surface area contributed by atoms with Crippen LogP contribution in [0.15, 0.2) is 42.6 Å². The number of rotatable bonds is 6. The maximum Gasteiger partial charge on any atom is 0.270 e. The lowest BCUT2D eigenvalue weighted by atomic mass is 10.2. The van der Waals surface area contributed by atoms with Crippen LogP contribution >= 0.6 is 11.6 Å². The molecule has 0 saturated carbocycles. The summed E-state index contributed by atoms with van der Waals surface area (Å²) in [5.74, 6) is 0.368. The van der Waals surface area contributed by atoms with Gasteiger partial charge in [-0.25, -0.2) is 4.98 Å².